The number of carbonyl (C=O) groups is 1. The van der Waals surface area contributed by atoms with Crippen LogP contribution in [0.15, 0.2) is 30.3 Å². The molecule has 1 amide bonds. The fourth-order valence-electron chi connectivity index (χ4n) is 3.75. The summed E-state index contributed by atoms with van der Waals surface area (Å²) < 4.78 is 0. The first kappa shape index (κ1) is 26.3. The van der Waals surface area contributed by atoms with Crippen molar-refractivity contribution in [2.75, 3.05) is 44.2 Å². The molecule has 2 aliphatic heterocycles. The van der Waals surface area contributed by atoms with Gasteiger partial charge in [0.2, 0.25) is 5.91 Å². The first-order valence-electron chi connectivity index (χ1n) is 9.26. The SMILES string of the molecule is CC(CN1CCN(c2ccccc2)CC1)NC(=O)CC1CCCN1.Cl.Cl.Cl. The molecule has 0 saturated carbocycles. The van der Waals surface area contributed by atoms with E-state index in [1.54, 1.807) is 0 Å². The lowest BCUT2D eigenvalue weighted by Gasteiger charge is -2.37. The molecular formula is C19H33Cl3N4O. The Balaban J connectivity index is 0.00000225. The highest BCUT2D eigenvalue weighted by Crippen LogP contribution is 2.15. The van der Waals surface area contributed by atoms with E-state index in [9.17, 15) is 4.79 Å². The van der Waals surface area contributed by atoms with Crippen molar-refractivity contribution < 1.29 is 4.79 Å². The Labute approximate surface area is 181 Å². The molecule has 0 radical (unpaired) electrons. The molecule has 2 saturated heterocycles. The van der Waals surface area contributed by atoms with E-state index >= 15 is 0 Å². The van der Waals surface area contributed by atoms with Gasteiger partial charge >= 0.3 is 0 Å². The molecule has 1 aromatic rings. The van der Waals surface area contributed by atoms with Crippen LogP contribution < -0.4 is 15.5 Å². The highest BCUT2D eigenvalue weighted by molar-refractivity contribution is 5.86. The number of nitrogens with zero attached hydrogens (tertiary/aromatic N) is 2. The van der Waals surface area contributed by atoms with Gasteiger partial charge in [-0.15, -0.1) is 37.2 Å². The summed E-state index contributed by atoms with van der Waals surface area (Å²) >= 11 is 0. The van der Waals surface area contributed by atoms with E-state index in [4.69, 9.17) is 0 Å². The number of amides is 1. The van der Waals surface area contributed by atoms with Crippen molar-refractivity contribution in [3.05, 3.63) is 30.3 Å². The van der Waals surface area contributed by atoms with E-state index in [0.29, 0.717) is 12.5 Å². The smallest absolute Gasteiger partial charge is 0.221 e. The van der Waals surface area contributed by atoms with Crippen molar-refractivity contribution in [2.45, 2.75) is 38.3 Å². The van der Waals surface area contributed by atoms with Gasteiger partial charge in [-0.3, -0.25) is 9.69 Å². The van der Waals surface area contributed by atoms with Crippen molar-refractivity contribution in [1.82, 2.24) is 15.5 Å². The summed E-state index contributed by atoms with van der Waals surface area (Å²) in [6.07, 6.45) is 2.94. The molecule has 3 rings (SSSR count). The van der Waals surface area contributed by atoms with Gasteiger partial charge in [0.25, 0.3) is 0 Å². The standard InChI is InChI=1S/C19H30N4O.3ClH/c1-16(21-19(24)14-17-6-5-9-20-17)15-22-10-12-23(13-11-22)18-7-3-2-4-8-18;;;/h2-4,7-8,16-17,20H,5-6,9-15H2,1H3,(H,21,24);3*1H. The lowest BCUT2D eigenvalue weighted by molar-refractivity contribution is -0.122. The summed E-state index contributed by atoms with van der Waals surface area (Å²) in [5, 5.41) is 6.55. The molecule has 0 spiro atoms. The molecule has 2 fully saturated rings. The summed E-state index contributed by atoms with van der Waals surface area (Å²) in [6.45, 7) is 8.32. The molecule has 5 nitrogen and oxygen atoms in total. The number of piperazine rings is 1. The Bertz CT molecular complexity index is 521. The van der Waals surface area contributed by atoms with Gasteiger partial charge in [-0.2, -0.15) is 0 Å². The Hall–Kier alpha value is -0.720. The third-order valence-electron chi connectivity index (χ3n) is 5.03. The molecule has 156 valence electrons. The molecule has 2 atom stereocenters. The first-order chi connectivity index (χ1) is 11.7. The summed E-state index contributed by atoms with van der Waals surface area (Å²) in [4.78, 5) is 17.0. The number of nitrogens with one attached hydrogen (secondary N) is 2. The molecule has 2 heterocycles. The van der Waals surface area contributed by atoms with Crippen LogP contribution in [0.5, 0.6) is 0 Å². The molecular weight excluding hydrogens is 407 g/mol. The van der Waals surface area contributed by atoms with Crippen LogP contribution in [0.3, 0.4) is 0 Å². The maximum absolute atomic E-state index is 12.1. The zero-order valence-corrected chi connectivity index (χ0v) is 18.4. The van der Waals surface area contributed by atoms with Gasteiger partial charge in [0.05, 0.1) is 0 Å². The van der Waals surface area contributed by atoms with Crippen LogP contribution in [0.1, 0.15) is 26.2 Å². The largest absolute Gasteiger partial charge is 0.369 e. The minimum atomic E-state index is 0. The third-order valence-corrected chi connectivity index (χ3v) is 5.03. The molecule has 27 heavy (non-hydrogen) atoms. The molecule has 2 N–H and O–H groups in total. The number of hydrogen-bond donors (Lipinski definition) is 2. The Morgan fingerprint density at radius 2 is 1.81 bits per heavy atom. The summed E-state index contributed by atoms with van der Waals surface area (Å²) in [6, 6.07) is 11.2. The van der Waals surface area contributed by atoms with Crippen molar-refractivity contribution in [3.8, 4) is 0 Å². The molecule has 1 aromatic carbocycles. The van der Waals surface area contributed by atoms with Gasteiger partial charge in [0, 0.05) is 56.9 Å². The average Bonchev–Trinajstić information content (AvgIpc) is 3.09. The number of para-hydroxylation sites is 1. The van der Waals surface area contributed by atoms with E-state index in [1.807, 2.05) is 0 Å². The predicted molar refractivity (Wildman–Crippen MR) is 120 cm³/mol. The van der Waals surface area contributed by atoms with Crippen molar-refractivity contribution in [1.29, 1.82) is 0 Å². The monoisotopic (exact) mass is 438 g/mol. The first-order valence-corrected chi connectivity index (χ1v) is 9.26. The number of hydrogen-bond acceptors (Lipinski definition) is 4. The second-order valence-electron chi connectivity index (χ2n) is 7.09. The van der Waals surface area contributed by atoms with E-state index in [1.165, 1.54) is 12.1 Å². The molecule has 0 bridgehead atoms. The summed E-state index contributed by atoms with van der Waals surface area (Å²) in [5.74, 6) is 0.185. The van der Waals surface area contributed by atoms with E-state index in [0.717, 1.165) is 45.7 Å². The van der Waals surface area contributed by atoms with Gasteiger partial charge < -0.3 is 15.5 Å². The topological polar surface area (TPSA) is 47.6 Å². The van der Waals surface area contributed by atoms with Gasteiger partial charge in [0.15, 0.2) is 0 Å². The maximum Gasteiger partial charge on any atom is 0.221 e. The van der Waals surface area contributed by atoms with Gasteiger partial charge in [-0.1, -0.05) is 18.2 Å². The van der Waals surface area contributed by atoms with E-state index < -0.39 is 0 Å². The van der Waals surface area contributed by atoms with Gasteiger partial charge in [-0.05, 0) is 38.4 Å². The highest BCUT2D eigenvalue weighted by atomic mass is 35.5. The molecule has 8 heteroatoms. The zero-order chi connectivity index (χ0) is 16.8. The average molecular weight is 440 g/mol. The van der Waals surface area contributed by atoms with Gasteiger partial charge in [-0.25, -0.2) is 0 Å². The zero-order valence-electron chi connectivity index (χ0n) is 15.9. The second-order valence-corrected chi connectivity index (χ2v) is 7.09. The van der Waals surface area contributed by atoms with Crippen LogP contribution >= 0.6 is 37.2 Å². The number of halogens is 3. The van der Waals surface area contributed by atoms with Crippen molar-refractivity contribution in [3.63, 3.8) is 0 Å². The lowest BCUT2D eigenvalue weighted by atomic mass is 10.1. The summed E-state index contributed by atoms with van der Waals surface area (Å²) in [7, 11) is 0. The Morgan fingerprint density at radius 1 is 1.15 bits per heavy atom. The quantitative estimate of drug-likeness (QED) is 0.715. The fraction of sp³-hybridized carbons (Fsp3) is 0.632. The number of anilines is 1. The van der Waals surface area contributed by atoms with Crippen LogP contribution in [0, 0.1) is 0 Å². The van der Waals surface area contributed by atoms with Crippen LogP contribution in [-0.2, 0) is 4.79 Å². The van der Waals surface area contributed by atoms with Crippen molar-refractivity contribution >= 4 is 48.8 Å². The molecule has 2 unspecified atom stereocenters. The van der Waals surface area contributed by atoms with E-state index in [-0.39, 0.29) is 49.2 Å². The lowest BCUT2D eigenvalue weighted by Crippen LogP contribution is -2.51. The third kappa shape index (κ3) is 8.44. The molecule has 2 aliphatic rings. The summed E-state index contributed by atoms with van der Waals surface area (Å²) in [5.41, 5.74) is 1.31. The van der Waals surface area contributed by atoms with Gasteiger partial charge in [0.1, 0.15) is 0 Å². The van der Waals surface area contributed by atoms with E-state index in [2.05, 4.69) is 57.7 Å². The number of benzene rings is 1. The minimum Gasteiger partial charge on any atom is -0.369 e. The second kappa shape index (κ2) is 13.5. The normalized spacial score (nSPS) is 20.6. The fourth-order valence-corrected chi connectivity index (χ4v) is 3.75. The van der Waals surface area contributed by atoms with Crippen LogP contribution in [0.4, 0.5) is 5.69 Å². The highest BCUT2D eigenvalue weighted by Gasteiger charge is 2.21. The van der Waals surface area contributed by atoms with Crippen LogP contribution in [-0.4, -0.2) is 62.2 Å². The van der Waals surface area contributed by atoms with Crippen LogP contribution in [0.25, 0.3) is 0 Å². The molecule has 0 aromatic heterocycles. The number of rotatable bonds is 6. The predicted octanol–water partition coefficient (Wildman–Crippen LogP) is 2.72. The molecule has 0 aliphatic carbocycles. The van der Waals surface area contributed by atoms with Crippen molar-refractivity contribution in [2.24, 2.45) is 0 Å². The Morgan fingerprint density at radius 3 is 2.41 bits per heavy atom. The minimum absolute atomic E-state index is 0. The Kier molecular flexibility index (Phi) is 13.1. The van der Waals surface area contributed by atoms with Crippen LogP contribution in [0.2, 0.25) is 0 Å². The maximum atomic E-state index is 12.1. The number of carbonyl (C=O) groups excluding carboxylic acids is 1.